The van der Waals surface area contributed by atoms with Crippen LogP contribution in [0, 0.1) is 0 Å². The number of anilines is 1. The van der Waals surface area contributed by atoms with Crippen LogP contribution in [0.25, 0.3) is 0 Å². The Morgan fingerprint density at radius 1 is 1.35 bits per heavy atom. The Balaban J connectivity index is 2.25. The molecule has 1 aliphatic heterocycles. The van der Waals surface area contributed by atoms with E-state index in [0.717, 1.165) is 24.9 Å². The van der Waals surface area contributed by atoms with Crippen LogP contribution in [0.1, 0.15) is 31.7 Å². The molecule has 1 N–H and O–H groups in total. The van der Waals surface area contributed by atoms with Crippen molar-refractivity contribution in [2.45, 2.75) is 38.6 Å². The molecule has 3 nitrogen and oxygen atoms in total. The predicted octanol–water partition coefficient (Wildman–Crippen LogP) is 2.13. The van der Waals surface area contributed by atoms with E-state index in [2.05, 4.69) is 6.92 Å². The second-order valence-electron chi connectivity index (χ2n) is 4.51. The molecular weight excluding hydrogens is 214 g/mol. The molecule has 17 heavy (non-hydrogen) atoms. The van der Waals surface area contributed by atoms with Crippen molar-refractivity contribution in [1.29, 1.82) is 0 Å². The Morgan fingerprint density at radius 2 is 2.06 bits per heavy atom. The van der Waals surface area contributed by atoms with Gasteiger partial charge < -0.3 is 10.0 Å². The van der Waals surface area contributed by atoms with Crippen LogP contribution in [-0.4, -0.2) is 23.7 Å². The molecule has 1 aromatic carbocycles. The number of hydrogen-bond donors (Lipinski definition) is 1. The smallest absolute Gasteiger partial charge is 0.227 e. The number of piperidine rings is 1. The monoisotopic (exact) mass is 233 g/mol. The van der Waals surface area contributed by atoms with Crippen LogP contribution in [0.5, 0.6) is 0 Å². The van der Waals surface area contributed by atoms with Crippen molar-refractivity contribution in [2.24, 2.45) is 0 Å². The van der Waals surface area contributed by atoms with Crippen molar-refractivity contribution in [1.82, 2.24) is 0 Å². The van der Waals surface area contributed by atoms with Crippen molar-refractivity contribution in [3.8, 4) is 0 Å². The number of carbonyl (C=O) groups excluding carboxylic acids is 1. The van der Waals surface area contributed by atoms with Crippen molar-refractivity contribution >= 4 is 11.6 Å². The van der Waals surface area contributed by atoms with Gasteiger partial charge in [-0.1, -0.05) is 19.1 Å². The second-order valence-corrected chi connectivity index (χ2v) is 4.51. The summed E-state index contributed by atoms with van der Waals surface area (Å²) in [6.07, 6.45) is 3.36. The van der Waals surface area contributed by atoms with Gasteiger partial charge in [0.2, 0.25) is 5.91 Å². The molecule has 1 saturated heterocycles. The minimum absolute atomic E-state index is 0.0429. The third-order valence-corrected chi connectivity index (χ3v) is 3.40. The number of aliphatic hydroxyl groups excluding tert-OH is 1. The zero-order chi connectivity index (χ0) is 12.3. The maximum atomic E-state index is 11.9. The Hall–Kier alpha value is -1.35. The van der Waals surface area contributed by atoms with Crippen LogP contribution >= 0.6 is 0 Å². The molecule has 2 rings (SSSR count). The molecule has 1 atom stereocenters. The van der Waals surface area contributed by atoms with Gasteiger partial charge in [-0.05, 0) is 37.0 Å². The van der Waals surface area contributed by atoms with E-state index < -0.39 is 0 Å². The fourth-order valence-corrected chi connectivity index (χ4v) is 2.36. The van der Waals surface area contributed by atoms with Gasteiger partial charge in [0.05, 0.1) is 12.6 Å². The summed E-state index contributed by atoms with van der Waals surface area (Å²) in [5, 5.41) is 9.35. The first-order valence-corrected chi connectivity index (χ1v) is 6.28. The summed E-state index contributed by atoms with van der Waals surface area (Å²) in [5.41, 5.74) is 2.17. The van der Waals surface area contributed by atoms with Crippen LogP contribution in [0.15, 0.2) is 24.3 Å². The molecule has 1 fully saturated rings. The van der Waals surface area contributed by atoms with Crippen LogP contribution < -0.4 is 4.90 Å². The van der Waals surface area contributed by atoms with Gasteiger partial charge in [0.15, 0.2) is 0 Å². The standard InChI is InChI=1S/C14H19NO2/c1-2-11-6-8-12(9-7-11)15-13(10-16)4-3-5-14(15)17/h6-9,13,16H,2-5,10H2,1H3. The third-order valence-electron chi connectivity index (χ3n) is 3.40. The molecule has 1 heterocycles. The average Bonchev–Trinajstić information content (AvgIpc) is 2.38. The number of benzene rings is 1. The highest BCUT2D eigenvalue weighted by atomic mass is 16.3. The Kier molecular flexibility index (Phi) is 3.79. The zero-order valence-corrected chi connectivity index (χ0v) is 10.2. The normalized spacial score (nSPS) is 20.7. The van der Waals surface area contributed by atoms with E-state index in [1.54, 1.807) is 4.90 Å². The molecule has 0 aromatic heterocycles. The summed E-state index contributed by atoms with van der Waals surface area (Å²) in [7, 11) is 0. The Labute approximate surface area is 102 Å². The first-order valence-electron chi connectivity index (χ1n) is 6.28. The Bertz CT molecular complexity index is 386. The molecule has 3 heteroatoms. The lowest BCUT2D eigenvalue weighted by Crippen LogP contribution is -2.45. The van der Waals surface area contributed by atoms with Crippen LogP contribution in [0.4, 0.5) is 5.69 Å². The van der Waals surface area contributed by atoms with Crippen LogP contribution in [0.2, 0.25) is 0 Å². The molecule has 0 saturated carbocycles. The molecule has 0 radical (unpaired) electrons. The van der Waals surface area contributed by atoms with Gasteiger partial charge in [0.25, 0.3) is 0 Å². The number of hydrogen-bond acceptors (Lipinski definition) is 2. The van der Waals surface area contributed by atoms with Crippen molar-refractivity contribution < 1.29 is 9.90 Å². The largest absolute Gasteiger partial charge is 0.394 e. The number of rotatable bonds is 3. The predicted molar refractivity (Wildman–Crippen MR) is 68.0 cm³/mol. The fraction of sp³-hybridized carbons (Fsp3) is 0.500. The summed E-state index contributed by atoms with van der Waals surface area (Å²) < 4.78 is 0. The summed E-state index contributed by atoms with van der Waals surface area (Å²) >= 11 is 0. The summed E-state index contributed by atoms with van der Waals surface area (Å²) in [6, 6.07) is 8.00. The van der Waals surface area contributed by atoms with Crippen molar-refractivity contribution in [3.05, 3.63) is 29.8 Å². The zero-order valence-electron chi connectivity index (χ0n) is 10.2. The van der Waals surface area contributed by atoms with Gasteiger partial charge in [-0.15, -0.1) is 0 Å². The molecule has 1 aromatic rings. The minimum Gasteiger partial charge on any atom is -0.394 e. The number of aryl methyl sites for hydroxylation is 1. The highest BCUT2D eigenvalue weighted by molar-refractivity contribution is 5.94. The molecular formula is C14H19NO2. The third kappa shape index (κ3) is 2.50. The SMILES string of the molecule is CCc1ccc(N2C(=O)CCCC2CO)cc1. The molecule has 1 amide bonds. The van der Waals surface area contributed by atoms with Crippen molar-refractivity contribution in [2.75, 3.05) is 11.5 Å². The van der Waals surface area contributed by atoms with E-state index in [4.69, 9.17) is 0 Å². The quantitative estimate of drug-likeness (QED) is 0.868. The van der Waals surface area contributed by atoms with Gasteiger partial charge in [-0.25, -0.2) is 0 Å². The van der Waals surface area contributed by atoms with Gasteiger partial charge in [-0.3, -0.25) is 4.79 Å². The number of amides is 1. The lowest BCUT2D eigenvalue weighted by molar-refractivity contribution is -0.120. The number of carbonyl (C=O) groups is 1. The summed E-state index contributed by atoms with van der Waals surface area (Å²) in [4.78, 5) is 13.7. The average molecular weight is 233 g/mol. The van der Waals surface area contributed by atoms with Crippen LogP contribution in [0.3, 0.4) is 0 Å². The van der Waals surface area contributed by atoms with Gasteiger partial charge in [0.1, 0.15) is 0 Å². The molecule has 0 aliphatic carbocycles. The van der Waals surface area contributed by atoms with E-state index in [9.17, 15) is 9.90 Å². The van der Waals surface area contributed by atoms with E-state index in [1.165, 1.54) is 5.56 Å². The first kappa shape index (κ1) is 12.1. The van der Waals surface area contributed by atoms with E-state index in [0.29, 0.717) is 6.42 Å². The molecule has 92 valence electrons. The van der Waals surface area contributed by atoms with Gasteiger partial charge in [0, 0.05) is 12.1 Å². The maximum Gasteiger partial charge on any atom is 0.227 e. The van der Waals surface area contributed by atoms with Crippen LogP contribution in [-0.2, 0) is 11.2 Å². The summed E-state index contributed by atoms with van der Waals surface area (Å²) in [6.45, 7) is 2.15. The molecule has 1 unspecified atom stereocenters. The van der Waals surface area contributed by atoms with E-state index in [-0.39, 0.29) is 18.6 Å². The first-order chi connectivity index (χ1) is 8.26. The topological polar surface area (TPSA) is 40.5 Å². The van der Waals surface area contributed by atoms with E-state index in [1.807, 2.05) is 24.3 Å². The highest BCUT2D eigenvalue weighted by Crippen LogP contribution is 2.25. The lowest BCUT2D eigenvalue weighted by atomic mass is 10.0. The molecule has 0 spiro atoms. The molecule has 0 bridgehead atoms. The lowest BCUT2D eigenvalue weighted by Gasteiger charge is -2.34. The number of aliphatic hydroxyl groups is 1. The minimum atomic E-state index is -0.0521. The molecule has 1 aliphatic rings. The summed E-state index contributed by atoms with van der Waals surface area (Å²) in [5.74, 6) is 0.125. The fourth-order valence-electron chi connectivity index (χ4n) is 2.36. The Morgan fingerprint density at radius 3 is 2.65 bits per heavy atom. The highest BCUT2D eigenvalue weighted by Gasteiger charge is 2.28. The second kappa shape index (κ2) is 5.32. The van der Waals surface area contributed by atoms with Gasteiger partial charge >= 0.3 is 0 Å². The maximum absolute atomic E-state index is 11.9. The van der Waals surface area contributed by atoms with Gasteiger partial charge in [-0.2, -0.15) is 0 Å². The van der Waals surface area contributed by atoms with E-state index >= 15 is 0 Å². The van der Waals surface area contributed by atoms with Crippen molar-refractivity contribution in [3.63, 3.8) is 0 Å². The number of nitrogens with zero attached hydrogens (tertiary/aromatic N) is 1.